The van der Waals surface area contributed by atoms with Gasteiger partial charge in [-0.3, -0.25) is 4.79 Å². The van der Waals surface area contributed by atoms with Crippen molar-refractivity contribution in [3.63, 3.8) is 0 Å². The molecule has 0 unspecified atom stereocenters. The van der Waals surface area contributed by atoms with E-state index in [2.05, 4.69) is 21.8 Å². The van der Waals surface area contributed by atoms with Crippen molar-refractivity contribution in [3.8, 4) is 0 Å². The lowest BCUT2D eigenvalue weighted by atomic mass is 10.1. The van der Waals surface area contributed by atoms with Crippen molar-refractivity contribution in [1.82, 2.24) is 9.62 Å². The third kappa shape index (κ3) is 5.16. The Hall–Kier alpha value is -2.38. The van der Waals surface area contributed by atoms with Gasteiger partial charge in [0.1, 0.15) is 0 Å². The third-order valence-electron chi connectivity index (χ3n) is 5.51. The molecule has 7 heteroatoms. The smallest absolute Gasteiger partial charge is 0.240 e. The minimum Gasteiger partial charge on any atom is -0.368 e. The zero-order valence-corrected chi connectivity index (χ0v) is 17.3. The van der Waals surface area contributed by atoms with Crippen molar-refractivity contribution in [1.29, 1.82) is 0 Å². The molecule has 1 amide bonds. The first-order valence-electron chi connectivity index (χ1n) is 10.2. The maximum atomic E-state index is 12.6. The molecule has 1 saturated heterocycles. The lowest BCUT2D eigenvalue weighted by Gasteiger charge is -2.36. The molecule has 4 rings (SSSR count). The molecule has 0 aromatic heterocycles. The van der Waals surface area contributed by atoms with E-state index in [1.807, 2.05) is 35.2 Å². The van der Waals surface area contributed by atoms with E-state index in [9.17, 15) is 13.2 Å². The molecular weight excluding hydrogens is 386 g/mol. The average Bonchev–Trinajstić information content (AvgIpc) is 3.56. The molecule has 0 spiro atoms. The third-order valence-corrected chi connectivity index (χ3v) is 7.05. The zero-order chi connectivity index (χ0) is 20.3. The van der Waals surface area contributed by atoms with Crippen molar-refractivity contribution in [2.24, 2.45) is 0 Å². The lowest BCUT2D eigenvalue weighted by Crippen LogP contribution is -2.48. The first-order chi connectivity index (χ1) is 14.0. The van der Waals surface area contributed by atoms with Gasteiger partial charge in [0.05, 0.1) is 4.90 Å². The number of sulfonamides is 1. The number of rotatable bonds is 7. The second-order valence-corrected chi connectivity index (χ2v) is 9.46. The van der Waals surface area contributed by atoms with Crippen LogP contribution < -0.4 is 9.62 Å². The molecule has 0 radical (unpaired) electrons. The summed E-state index contributed by atoms with van der Waals surface area (Å²) in [5, 5.41) is 0. The Labute approximate surface area is 172 Å². The van der Waals surface area contributed by atoms with Crippen molar-refractivity contribution in [3.05, 3.63) is 60.2 Å². The highest BCUT2D eigenvalue weighted by atomic mass is 32.2. The Balaban J connectivity index is 1.25. The standard InChI is InChI=1S/C22H27N3O3S/c26-22(25-16-14-24(15-17-25)20-4-2-1-3-5-20)13-8-18-6-11-21(12-7-18)29(27,28)23-19-9-10-19/h1-7,11-12,19,23H,8-10,13-17H2. The Morgan fingerprint density at radius 2 is 1.59 bits per heavy atom. The number of piperazine rings is 1. The fourth-order valence-corrected chi connectivity index (χ4v) is 4.89. The minimum absolute atomic E-state index is 0.0969. The summed E-state index contributed by atoms with van der Waals surface area (Å²) in [5.41, 5.74) is 2.18. The number of aryl methyl sites for hydroxylation is 1. The second kappa shape index (κ2) is 8.55. The number of benzene rings is 2. The molecule has 6 nitrogen and oxygen atoms in total. The number of amides is 1. The van der Waals surface area contributed by atoms with Gasteiger partial charge in [-0.25, -0.2) is 13.1 Å². The van der Waals surface area contributed by atoms with Crippen LogP contribution in [0.3, 0.4) is 0 Å². The Morgan fingerprint density at radius 1 is 0.931 bits per heavy atom. The molecule has 1 aliphatic heterocycles. The average molecular weight is 414 g/mol. The number of carbonyl (C=O) groups excluding carboxylic acids is 1. The summed E-state index contributed by atoms with van der Waals surface area (Å²) in [7, 11) is -3.42. The van der Waals surface area contributed by atoms with Crippen molar-refractivity contribution in [2.45, 2.75) is 36.6 Å². The van der Waals surface area contributed by atoms with Crippen LogP contribution in [0.5, 0.6) is 0 Å². The zero-order valence-electron chi connectivity index (χ0n) is 16.5. The van der Waals surface area contributed by atoms with E-state index in [1.165, 1.54) is 5.69 Å². The van der Waals surface area contributed by atoms with Gasteiger partial charge >= 0.3 is 0 Å². The molecule has 1 heterocycles. The van der Waals surface area contributed by atoms with Crippen molar-refractivity contribution >= 4 is 21.6 Å². The molecular formula is C22H27N3O3S. The van der Waals surface area contributed by atoms with Gasteiger partial charge in [-0.15, -0.1) is 0 Å². The molecule has 29 heavy (non-hydrogen) atoms. The first kappa shape index (κ1) is 19.9. The topological polar surface area (TPSA) is 69.7 Å². The van der Waals surface area contributed by atoms with Crippen LogP contribution in [-0.2, 0) is 21.2 Å². The molecule has 154 valence electrons. The molecule has 0 bridgehead atoms. The summed E-state index contributed by atoms with van der Waals surface area (Å²) in [5.74, 6) is 0.157. The van der Waals surface area contributed by atoms with Gasteiger partial charge in [-0.1, -0.05) is 30.3 Å². The van der Waals surface area contributed by atoms with Crippen molar-refractivity contribution < 1.29 is 13.2 Å². The maximum absolute atomic E-state index is 12.6. The van der Waals surface area contributed by atoms with E-state index in [1.54, 1.807) is 12.1 Å². The van der Waals surface area contributed by atoms with Crippen LogP contribution in [0.15, 0.2) is 59.5 Å². The largest absolute Gasteiger partial charge is 0.368 e. The molecule has 2 aromatic carbocycles. The van der Waals surface area contributed by atoms with Gasteiger partial charge in [-0.05, 0) is 49.1 Å². The predicted octanol–water partition coefficient (Wildman–Crippen LogP) is 2.41. The summed E-state index contributed by atoms with van der Waals surface area (Å²) in [4.78, 5) is 17.1. The minimum atomic E-state index is -3.42. The van der Waals surface area contributed by atoms with Gasteiger partial charge < -0.3 is 9.80 Å². The molecule has 2 aliphatic rings. The highest BCUT2D eigenvalue weighted by Crippen LogP contribution is 2.22. The number of hydrogen-bond donors (Lipinski definition) is 1. The van der Waals surface area contributed by atoms with Crippen LogP contribution in [0.25, 0.3) is 0 Å². The number of para-hydroxylation sites is 1. The Kier molecular flexibility index (Phi) is 5.87. The predicted molar refractivity (Wildman–Crippen MR) is 113 cm³/mol. The van der Waals surface area contributed by atoms with E-state index in [-0.39, 0.29) is 16.8 Å². The molecule has 1 aliphatic carbocycles. The van der Waals surface area contributed by atoms with Crippen LogP contribution >= 0.6 is 0 Å². The van der Waals surface area contributed by atoms with Crippen LogP contribution in [0.4, 0.5) is 5.69 Å². The van der Waals surface area contributed by atoms with E-state index >= 15 is 0 Å². The molecule has 0 atom stereocenters. The molecule has 2 aromatic rings. The summed E-state index contributed by atoms with van der Waals surface area (Å²) in [6.45, 7) is 3.15. The van der Waals surface area contributed by atoms with Crippen LogP contribution in [-0.4, -0.2) is 51.4 Å². The summed E-state index contributed by atoms with van der Waals surface area (Å²) in [6.07, 6.45) is 2.89. The van der Waals surface area contributed by atoms with E-state index in [0.717, 1.165) is 44.6 Å². The van der Waals surface area contributed by atoms with E-state index in [4.69, 9.17) is 0 Å². The first-order valence-corrected chi connectivity index (χ1v) is 11.7. The van der Waals surface area contributed by atoms with Crippen LogP contribution in [0.2, 0.25) is 0 Å². The van der Waals surface area contributed by atoms with Gasteiger partial charge in [0.25, 0.3) is 0 Å². The number of nitrogens with one attached hydrogen (secondary N) is 1. The molecule has 1 N–H and O–H groups in total. The highest BCUT2D eigenvalue weighted by molar-refractivity contribution is 7.89. The van der Waals surface area contributed by atoms with Gasteiger partial charge in [0, 0.05) is 44.3 Å². The summed E-state index contributed by atoms with van der Waals surface area (Å²) in [6, 6.07) is 17.2. The number of nitrogens with zero attached hydrogens (tertiary/aromatic N) is 2. The normalized spacial score (nSPS) is 17.4. The number of hydrogen-bond acceptors (Lipinski definition) is 4. The fourth-order valence-electron chi connectivity index (χ4n) is 3.59. The quantitative estimate of drug-likeness (QED) is 0.757. The lowest BCUT2D eigenvalue weighted by molar-refractivity contribution is -0.131. The number of carbonyl (C=O) groups is 1. The van der Waals surface area contributed by atoms with Gasteiger partial charge in [0.15, 0.2) is 0 Å². The molecule has 1 saturated carbocycles. The van der Waals surface area contributed by atoms with Crippen LogP contribution in [0, 0.1) is 0 Å². The SMILES string of the molecule is O=C(CCc1ccc(S(=O)(=O)NC2CC2)cc1)N1CCN(c2ccccc2)CC1. The second-order valence-electron chi connectivity index (χ2n) is 7.74. The Morgan fingerprint density at radius 3 is 2.21 bits per heavy atom. The van der Waals surface area contributed by atoms with E-state index < -0.39 is 10.0 Å². The van der Waals surface area contributed by atoms with E-state index in [0.29, 0.717) is 12.8 Å². The summed E-state index contributed by atoms with van der Waals surface area (Å²) >= 11 is 0. The monoisotopic (exact) mass is 413 g/mol. The van der Waals surface area contributed by atoms with Gasteiger partial charge in [0.2, 0.25) is 15.9 Å². The van der Waals surface area contributed by atoms with Gasteiger partial charge in [-0.2, -0.15) is 0 Å². The maximum Gasteiger partial charge on any atom is 0.240 e. The Bertz CT molecular complexity index is 933. The number of anilines is 1. The van der Waals surface area contributed by atoms with Crippen molar-refractivity contribution in [2.75, 3.05) is 31.1 Å². The molecule has 2 fully saturated rings. The fraction of sp³-hybridized carbons (Fsp3) is 0.409. The highest BCUT2D eigenvalue weighted by Gasteiger charge is 2.28. The summed E-state index contributed by atoms with van der Waals surface area (Å²) < 4.78 is 27.1. The van der Waals surface area contributed by atoms with Crippen LogP contribution in [0.1, 0.15) is 24.8 Å².